The van der Waals surface area contributed by atoms with Gasteiger partial charge < -0.3 is 4.90 Å². The molecule has 1 atom stereocenters. The third-order valence-electron chi connectivity index (χ3n) is 3.59. The van der Waals surface area contributed by atoms with Crippen molar-refractivity contribution in [3.05, 3.63) is 45.9 Å². The number of carbonyl (C=O) groups is 1. The van der Waals surface area contributed by atoms with Crippen LogP contribution in [-0.2, 0) is 4.79 Å². The van der Waals surface area contributed by atoms with Gasteiger partial charge in [0, 0.05) is 36.0 Å². The number of halogens is 1. The first-order valence-electron chi connectivity index (χ1n) is 6.55. The number of aromatic nitrogens is 1. The van der Waals surface area contributed by atoms with Crippen molar-refractivity contribution in [1.82, 2.24) is 4.98 Å². The Kier molecular flexibility index (Phi) is 3.64. The molecule has 0 bridgehead atoms. The van der Waals surface area contributed by atoms with Crippen LogP contribution in [0.1, 0.15) is 6.42 Å². The number of azide groups is 1. The maximum absolute atomic E-state index is 12.3. The van der Waals surface area contributed by atoms with Gasteiger partial charge >= 0.3 is 0 Å². The van der Waals surface area contributed by atoms with E-state index in [4.69, 9.17) is 17.1 Å². The van der Waals surface area contributed by atoms with Crippen LogP contribution in [0.5, 0.6) is 0 Å². The molecule has 2 heterocycles. The standard InChI is InChI=1S/C14H12ClN5O/c15-11-3-4-12-10(2-1-5-17-12)14(11)20-8-9(6-13(20)21)7-18-19-16/h1-5,9H,6-8H2. The molecule has 0 saturated carbocycles. The first kappa shape index (κ1) is 13.7. The Bertz CT molecular complexity index is 756. The van der Waals surface area contributed by atoms with E-state index in [9.17, 15) is 4.79 Å². The summed E-state index contributed by atoms with van der Waals surface area (Å²) < 4.78 is 0. The smallest absolute Gasteiger partial charge is 0.227 e. The minimum atomic E-state index is -0.00797. The van der Waals surface area contributed by atoms with E-state index in [0.717, 1.165) is 10.9 Å². The molecule has 1 aromatic heterocycles. The van der Waals surface area contributed by atoms with Crippen molar-refractivity contribution < 1.29 is 4.79 Å². The summed E-state index contributed by atoms with van der Waals surface area (Å²) in [5, 5.41) is 4.93. The fourth-order valence-corrected chi connectivity index (χ4v) is 2.92. The summed E-state index contributed by atoms with van der Waals surface area (Å²) in [7, 11) is 0. The Morgan fingerprint density at radius 3 is 3.14 bits per heavy atom. The van der Waals surface area contributed by atoms with E-state index < -0.39 is 0 Å². The van der Waals surface area contributed by atoms with Crippen LogP contribution < -0.4 is 4.90 Å². The topological polar surface area (TPSA) is 82.0 Å². The zero-order valence-electron chi connectivity index (χ0n) is 11.1. The molecule has 1 saturated heterocycles. The van der Waals surface area contributed by atoms with Crippen molar-refractivity contribution >= 4 is 34.1 Å². The number of amides is 1. The van der Waals surface area contributed by atoms with Gasteiger partial charge in [-0.1, -0.05) is 16.7 Å². The number of carbonyl (C=O) groups excluding carboxylic acids is 1. The van der Waals surface area contributed by atoms with Crippen LogP contribution in [0.25, 0.3) is 21.3 Å². The first-order chi connectivity index (χ1) is 10.2. The zero-order chi connectivity index (χ0) is 14.8. The molecular weight excluding hydrogens is 290 g/mol. The molecule has 7 heteroatoms. The quantitative estimate of drug-likeness (QED) is 0.493. The molecule has 1 amide bonds. The van der Waals surface area contributed by atoms with Crippen molar-refractivity contribution in [2.24, 2.45) is 11.0 Å². The van der Waals surface area contributed by atoms with Gasteiger partial charge in [-0.05, 0) is 35.7 Å². The molecule has 1 aromatic carbocycles. The van der Waals surface area contributed by atoms with E-state index in [-0.39, 0.29) is 11.8 Å². The molecular formula is C14H12ClN5O. The highest BCUT2D eigenvalue weighted by Crippen LogP contribution is 2.37. The SMILES string of the molecule is [N-]=[N+]=NCC1CC(=O)N(c2c(Cl)ccc3ncccc23)C1. The van der Waals surface area contributed by atoms with Gasteiger partial charge in [-0.2, -0.15) is 0 Å². The monoisotopic (exact) mass is 301 g/mol. The maximum Gasteiger partial charge on any atom is 0.227 e. The van der Waals surface area contributed by atoms with Crippen molar-refractivity contribution in [3.8, 4) is 0 Å². The van der Waals surface area contributed by atoms with Crippen molar-refractivity contribution in [1.29, 1.82) is 0 Å². The minimum Gasteiger partial charge on any atom is -0.310 e. The molecule has 1 unspecified atom stereocenters. The summed E-state index contributed by atoms with van der Waals surface area (Å²) in [6, 6.07) is 7.30. The highest BCUT2D eigenvalue weighted by molar-refractivity contribution is 6.35. The Morgan fingerprint density at radius 1 is 1.48 bits per heavy atom. The number of pyridine rings is 1. The fraction of sp³-hybridized carbons (Fsp3) is 0.286. The van der Waals surface area contributed by atoms with E-state index in [1.54, 1.807) is 17.2 Å². The molecule has 21 heavy (non-hydrogen) atoms. The Balaban J connectivity index is 2.02. The van der Waals surface area contributed by atoms with Crippen LogP contribution in [0.4, 0.5) is 5.69 Å². The third kappa shape index (κ3) is 2.51. The van der Waals surface area contributed by atoms with E-state index in [1.165, 1.54) is 0 Å². The Morgan fingerprint density at radius 2 is 2.33 bits per heavy atom. The van der Waals surface area contributed by atoms with Crippen LogP contribution in [0, 0.1) is 5.92 Å². The Labute approximate surface area is 126 Å². The van der Waals surface area contributed by atoms with Gasteiger partial charge in [0.1, 0.15) is 0 Å². The van der Waals surface area contributed by atoms with Gasteiger partial charge in [-0.25, -0.2) is 0 Å². The second-order valence-corrected chi connectivity index (χ2v) is 5.36. The van der Waals surface area contributed by atoms with Crippen LogP contribution in [-0.4, -0.2) is 24.0 Å². The zero-order valence-corrected chi connectivity index (χ0v) is 11.9. The van der Waals surface area contributed by atoms with E-state index in [1.807, 2.05) is 18.2 Å². The largest absolute Gasteiger partial charge is 0.310 e. The normalized spacial score (nSPS) is 18.0. The van der Waals surface area contributed by atoms with Crippen LogP contribution >= 0.6 is 11.6 Å². The summed E-state index contributed by atoms with van der Waals surface area (Å²) in [5.41, 5.74) is 9.88. The van der Waals surface area contributed by atoms with Gasteiger partial charge in [0.25, 0.3) is 0 Å². The van der Waals surface area contributed by atoms with Gasteiger partial charge in [0.2, 0.25) is 5.91 Å². The lowest BCUT2D eigenvalue weighted by atomic mass is 10.1. The molecule has 0 N–H and O–H groups in total. The van der Waals surface area contributed by atoms with Gasteiger partial charge in [-0.3, -0.25) is 9.78 Å². The molecule has 1 aliphatic rings. The molecule has 1 fully saturated rings. The number of nitrogens with zero attached hydrogens (tertiary/aromatic N) is 5. The first-order valence-corrected chi connectivity index (χ1v) is 6.93. The second kappa shape index (κ2) is 5.60. The summed E-state index contributed by atoms with van der Waals surface area (Å²) in [6.07, 6.45) is 2.07. The summed E-state index contributed by atoms with van der Waals surface area (Å²) in [4.78, 5) is 21.0. The molecule has 3 rings (SSSR count). The number of anilines is 1. The number of fused-ring (bicyclic) bond motifs is 1. The molecule has 1 aliphatic heterocycles. The predicted octanol–water partition coefficient (Wildman–Crippen LogP) is 3.55. The lowest BCUT2D eigenvalue weighted by Gasteiger charge is -2.20. The van der Waals surface area contributed by atoms with E-state index >= 15 is 0 Å². The van der Waals surface area contributed by atoms with Crippen LogP contribution in [0.3, 0.4) is 0 Å². The molecule has 106 valence electrons. The highest BCUT2D eigenvalue weighted by Gasteiger charge is 2.32. The van der Waals surface area contributed by atoms with Crippen LogP contribution in [0.2, 0.25) is 5.02 Å². The molecule has 2 aromatic rings. The average Bonchev–Trinajstić information content (AvgIpc) is 2.86. The number of hydrogen-bond donors (Lipinski definition) is 0. The van der Waals surface area contributed by atoms with Gasteiger partial charge in [-0.15, -0.1) is 0 Å². The minimum absolute atomic E-state index is 0.00797. The van der Waals surface area contributed by atoms with Gasteiger partial charge in [0.05, 0.1) is 16.2 Å². The van der Waals surface area contributed by atoms with Crippen molar-refractivity contribution in [2.45, 2.75) is 6.42 Å². The summed E-state index contributed by atoms with van der Waals surface area (Å²) >= 11 is 6.30. The Hall–Kier alpha value is -2.30. The van der Waals surface area contributed by atoms with E-state index in [0.29, 0.717) is 30.2 Å². The molecule has 0 aliphatic carbocycles. The summed E-state index contributed by atoms with van der Waals surface area (Å²) in [6.45, 7) is 0.824. The molecule has 0 radical (unpaired) electrons. The lowest BCUT2D eigenvalue weighted by molar-refractivity contribution is -0.117. The average molecular weight is 302 g/mol. The van der Waals surface area contributed by atoms with Crippen molar-refractivity contribution in [2.75, 3.05) is 18.0 Å². The molecule has 0 spiro atoms. The van der Waals surface area contributed by atoms with E-state index in [2.05, 4.69) is 15.0 Å². The number of benzene rings is 1. The van der Waals surface area contributed by atoms with Crippen molar-refractivity contribution in [3.63, 3.8) is 0 Å². The van der Waals surface area contributed by atoms with Crippen LogP contribution in [0.15, 0.2) is 35.6 Å². The number of hydrogen-bond acceptors (Lipinski definition) is 3. The third-order valence-corrected chi connectivity index (χ3v) is 3.89. The number of rotatable bonds is 3. The molecule has 6 nitrogen and oxygen atoms in total. The maximum atomic E-state index is 12.3. The predicted molar refractivity (Wildman–Crippen MR) is 81.2 cm³/mol. The highest BCUT2D eigenvalue weighted by atomic mass is 35.5. The lowest BCUT2D eigenvalue weighted by Crippen LogP contribution is -2.25. The fourth-order valence-electron chi connectivity index (χ4n) is 2.66. The van der Waals surface area contributed by atoms with Gasteiger partial charge in [0.15, 0.2) is 0 Å². The second-order valence-electron chi connectivity index (χ2n) is 4.95. The summed E-state index contributed by atoms with van der Waals surface area (Å²) in [5.74, 6) is 0.0165.